The van der Waals surface area contributed by atoms with Gasteiger partial charge < -0.3 is 14.8 Å². The third-order valence-corrected chi connectivity index (χ3v) is 9.11. The summed E-state index contributed by atoms with van der Waals surface area (Å²) < 4.78 is 31.1. The molecule has 1 aromatic heterocycles. The number of imidazole rings is 1. The number of aromatic nitrogens is 2. The van der Waals surface area contributed by atoms with Crippen LogP contribution in [0.4, 0.5) is 5.69 Å². The minimum absolute atomic E-state index is 0.0212. The maximum Gasteiger partial charge on any atom is 0.239 e. The first kappa shape index (κ1) is 24.3. The average Bonchev–Trinajstić information content (AvgIpc) is 3.43. The van der Waals surface area contributed by atoms with Gasteiger partial charge in [-0.05, 0) is 68.1 Å². The van der Waals surface area contributed by atoms with Crippen molar-refractivity contribution in [1.82, 2.24) is 19.8 Å². The summed E-state index contributed by atoms with van der Waals surface area (Å²) in [4.78, 5) is 19.3. The smallest absolute Gasteiger partial charge is 0.239 e. The summed E-state index contributed by atoms with van der Waals surface area (Å²) in [5.41, 5.74) is 4.18. The Hall–Kier alpha value is -2.43. The fraction of sp³-hybridized carbons (Fsp3) is 0.440. The molecule has 0 bridgehead atoms. The molecular weight excluding hydrogens is 530 g/mol. The van der Waals surface area contributed by atoms with Crippen LogP contribution in [0.2, 0.25) is 0 Å². The first-order valence-electron chi connectivity index (χ1n) is 11.9. The second-order valence-corrected chi connectivity index (χ2v) is 12.4. The Labute approximate surface area is 214 Å². The predicted octanol–water partition coefficient (Wildman–Crippen LogP) is 3.45. The second-order valence-electron chi connectivity index (χ2n) is 9.52. The summed E-state index contributed by atoms with van der Waals surface area (Å²) in [5.74, 6) is 1.20. The summed E-state index contributed by atoms with van der Waals surface area (Å²) >= 11 is 3.49. The average molecular weight is 561 g/mol. The molecule has 2 fully saturated rings. The van der Waals surface area contributed by atoms with Gasteiger partial charge in [-0.15, -0.1) is 0 Å². The molecule has 2 aromatic carbocycles. The number of carbonyl (C=O) groups is 1. The van der Waals surface area contributed by atoms with Gasteiger partial charge in [0.25, 0.3) is 0 Å². The lowest BCUT2D eigenvalue weighted by atomic mass is 9.77. The Balaban J connectivity index is 1.65. The molecule has 3 atom stereocenters. The maximum absolute atomic E-state index is 12.7. The summed E-state index contributed by atoms with van der Waals surface area (Å²) in [7, 11) is -1.66. The van der Waals surface area contributed by atoms with E-state index in [9.17, 15) is 13.2 Å². The number of carbonyl (C=O) groups excluding carboxylic acids is 1. The summed E-state index contributed by atoms with van der Waals surface area (Å²) in [6.45, 7) is 5.60. The van der Waals surface area contributed by atoms with Crippen LogP contribution in [0.1, 0.15) is 36.2 Å². The van der Waals surface area contributed by atoms with Crippen molar-refractivity contribution in [3.8, 4) is 0 Å². The molecule has 3 unspecified atom stereocenters. The van der Waals surface area contributed by atoms with E-state index in [0.717, 1.165) is 39.9 Å². The van der Waals surface area contributed by atoms with Crippen LogP contribution in [-0.2, 0) is 21.4 Å². The molecule has 2 N–H and O–H groups in total. The van der Waals surface area contributed by atoms with Gasteiger partial charge in [-0.3, -0.25) is 9.52 Å². The fourth-order valence-electron chi connectivity index (χ4n) is 5.40. The van der Waals surface area contributed by atoms with E-state index >= 15 is 0 Å². The second kappa shape index (κ2) is 9.22. The highest BCUT2D eigenvalue weighted by molar-refractivity contribution is 9.10. The van der Waals surface area contributed by atoms with Crippen LogP contribution < -0.4 is 10.0 Å². The number of piperidine rings is 1. The van der Waals surface area contributed by atoms with Crippen LogP contribution in [-0.4, -0.2) is 60.7 Å². The Kier molecular flexibility index (Phi) is 6.39. The lowest BCUT2D eigenvalue weighted by Crippen LogP contribution is -2.52. The number of hydrogen-bond acceptors (Lipinski definition) is 5. The quantitative estimate of drug-likeness (QED) is 0.482. The number of aryl methyl sites for hydroxylation is 1. The molecule has 0 saturated carbocycles. The van der Waals surface area contributed by atoms with E-state index in [0.29, 0.717) is 24.3 Å². The van der Waals surface area contributed by atoms with Crippen molar-refractivity contribution in [3.05, 3.63) is 57.8 Å². The van der Waals surface area contributed by atoms with Crippen molar-refractivity contribution in [3.63, 3.8) is 0 Å². The van der Waals surface area contributed by atoms with Crippen LogP contribution in [0.15, 0.2) is 40.9 Å². The molecule has 2 aliphatic rings. The zero-order valence-corrected chi connectivity index (χ0v) is 22.5. The molecular formula is C25H30BrN5O3S. The number of nitrogens with zero attached hydrogens (tertiary/aromatic N) is 3. The largest absolute Gasteiger partial charge is 0.344 e. The zero-order valence-electron chi connectivity index (χ0n) is 20.1. The van der Waals surface area contributed by atoms with E-state index in [1.165, 1.54) is 0 Å². The third kappa shape index (κ3) is 4.59. The van der Waals surface area contributed by atoms with E-state index in [1.54, 1.807) is 11.8 Å². The van der Waals surface area contributed by atoms with Crippen molar-refractivity contribution in [2.75, 3.05) is 30.6 Å². The highest BCUT2D eigenvalue weighted by Gasteiger charge is 2.44. The number of rotatable bonds is 6. The molecule has 3 heterocycles. The van der Waals surface area contributed by atoms with Gasteiger partial charge in [-0.2, -0.15) is 0 Å². The fourth-order valence-corrected chi connectivity index (χ4v) is 6.30. The third-order valence-electron chi connectivity index (χ3n) is 7.29. The Morgan fingerprint density at radius 2 is 1.97 bits per heavy atom. The highest BCUT2D eigenvalue weighted by atomic mass is 79.9. The maximum atomic E-state index is 12.7. The summed E-state index contributed by atoms with van der Waals surface area (Å²) in [5, 5.41) is 3.37. The van der Waals surface area contributed by atoms with Crippen LogP contribution in [0.25, 0.3) is 11.0 Å². The normalized spacial score (nSPS) is 22.6. The number of fused-ring (bicyclic) bond motifs is 2. The molecule has 0 radical (unpaired) electrons. The van der Waals surface area contributed by atoms with Crippen molar-refractivity contribution >= 4 is 48.6 Å². The summed E-state index contributed by atoms with van der Waals surface area (Å²) in [6.07, 6.45) is 0.917. The van der Waals surface area contributed by atoms with E-state index in [4.69, 9.17) is 4.98 Å². The van der Waals surface area contributed by atoms with Gasteiger partial charge in [0, 0.05) is 30.5 Å². The van der Waals surface area contributed by atoms with Crippen molar-refractivity contribution < 1.29 is 13.2 Å². The highest BCUT2D eigenvalue weighted by Crippen LogP contribution is 2.40. The van der Waals surface area contributed by atoms with Gasteiger partial charge in [0.15, 0.2) is 0 Å². The first-order chi connectivity index (χ1) is 16.7. The lowest BCUT2D eigenvalue weighted by Gasteiger charge is -2.38. The molecule has 3 aromatic rings. The number of sulfonamides is 1. The SMILES string of the molecule is CCS(=O)(=O)Nc1cc(C2CN(C)C(=O)C3NCCC32)cc2c1nc(C)n2Cc1ccc(Br)cc1. The number of likely N-dealkylation sites (N-methyl/N-ethyl adjacent to an activating group) is 1. The lowest BCUT2D eigenvalue weighted by molar-refractivity contribution is -0.136. The Morgan fingerprint density at radius 1 is 1.23 bits per heavy atom. The number of amides is 1. The van der Waals surface area contributed by atoms with Gasteiger partial charge in [-0.1, -0.05) is 28.1 Å². The summed E-state index contributed by atoms with van der Waals surface area (Å²) in [6, 6.07) is 12.0. The van der Waals surface area contributed by atoms with Crippen molar-refractivity contribution in [1.29, 1.82) is 0 Å². The van der Waals surface area contributed by atoms with E-state index < -0.39 is 10.0 Å². The molecule has 0 spiro atoms. The van der Waals surface area contributed by atoms with Gasteiger partial charge >= 0.3 is 0 Å². The van der Waals surface area contributed by atoms with Gasteiger partial charge in [0.05, 0.1) is 23.0 Å². The number of nitrogens with one attached hydrogen (secondary N) is 2. The molecule has 0 aliphatic carbocycles. The van der Waals surface area contributed by atoms with Crippen LogP contribution in [0.5, 0.6) is 0 Å². The minimum Gasteiger partial charge on any atom is -0.344 e. The van der Waals surface area contributed by atoms with Crippen molar-refractivity contribution in [2.45, 2.75) is 38.8 Å². The molecule has 5 rings (SSSR count). The number of hydrogen-bond donors (Lipinski definition) is 2. The number of anilines is 1. The molecule has 35 heavy (non-hydrogen) atoms. The minimum atomic E-state index is -3.50. The first-order valence-corrected chi connectivity index (χ1v) is 14.4. The number of halogens is 1. The van der Waals surface area contributed by atoms with Crippen LogP contribution in [0.3, 0.4) is 0 Å². The van der Waals surface area contributed by atoms with Crippen molar-refractivity contribution in [2.24, 2.45) is 5.92 Å². The molecule has 186 valence electrons. The molecule has 8 nitrogen and oxygen atoms in total. The predicted molar refractivity (Wildman–Crippen MR) is 141 cm³/mol. The standard InChI is InChI=1S/C25H30BrN5O3S/c1-4-35(33,34)29-21-11-17(20-14-30(3)25(32)23-19(20)9-10-27-23)12-22-24(21)28-15(2)31(22)13-16-5-7-18(26)8-6-16/h5-8,11-12,19-20,23,27,29H,4,9-10,13-14H2,1-3H3. The number of benzene rings is 2. The number of likely N-dealkylation sites (tertiary alicyclic amines) is 1. The van der Waals surface area contributed by atoms with Gasteiger partial charge in [0.2, 0.25) is 15.9 Å². The van der Waals surface area contributed by atoms with Gasteiger partial charge in [0.1, 0.15) is 11.3 Å². The van der Waals surface area contributed by atoms with Gasteiger partial charge in [-0.25, -0.2) is 13.4 Å². The van der Waals surface area contributed by atoms with E-state index in [-0.39, 0.29) is 29.5 Å². The monoisotopic (exact) mass is 559 g/mol. The van der Waals surface area contributed by atoms with Crippen LogP contribution >= 0.6 is 15.9 Å². The molecule has 2 saturated heterocycles. The Bertz CT molecular complexity index is 1390. The van der Waals surface area contributed by atoms with E-state index in [2.05, 4.69) is 48.7 Å². The molecule has 1 amide bonds. The molecule has 2 aliphatic heterocycles. The zero-order chi connectivity index (χ0) is 24.9. The molecule has 10 heteroatoms. The van der Waals surface area contributed by atoms with Crippen LogP contribution in [0, 0.1) is 12.8 Å². The Morgan fingerprint density at radius 3 is 2.69 bits per heavy atom. The topological polar surface area (TPSA) is 96.3 Å². The van der Waals surface area contributed by atoms with E-state index in [1.807, 2.05) is 32.2 Å².